The number of halogens is 1. The fourth-order valence-corrected chi connectivity index (χ4v) is 2.92. The highest BCUT2D eigenvalue weighted by Crippen LogP contribution is 2.26. The quantitative estimate of drug-likeness (QED) is 0.726. The predicted octanol–water partition coefficient (Wildman–Crippen LogP) is 4.38. The summed E-state index contributed by atoms with van der Waals surface area (Å²) >= 11 is 3.45. The molecular weight excluding hydrogens is 366 g/mol. The molecule has 5 heteroatoms. The summed E-state index contributed by atoms with van der Waals surface area (Å²) < 4.78 is 2.99. The first-order chi connectivity index (χ1) is 11.3. The minimum Gasteiger partial charge on any atom is -0.350 e. The highest BCUT2D eigenvalue weighted by molar-refractivity contribution is 9.10. The molecular formula is C19H20BrN3O. The number of nitrogens with one attached hydrogen (secondary N) is 1. The summed E-state index contributed by atoms with van der Waals surface area (Å²) in [5, 5.41) is 3.01. The molecule has 0 bridgehead atoms. The van der Waals surface area contributed by atoms with Crippen LogP contribution >= 0.6 is 15.9 Å². The first kappa shape index (κ1) is 16.7. The van der Waals surface area contributed by atoms with Crippen molar-refractivity contribution in [1.29, 1.82) is 0 Å². The molecule has 1 amide bonds. The molecule has 0 fully saturated rings. The van der Waals surface area contributed by atoms with Crippen molar-refractivity contribution < 1.29 is 4.79 Å². The van der Waals surface area contributed by atoms with E-state index in [9.17, 15) is 4.79 Å². The molecule has 1 aromatic heterocycles. The zero-order chi connectivity index (χ0) is 17.3. The molecule has 0 spiro atoms. The first-order valence-electron chi connectivity index (χ1n) is 7.86. The van der Waals surface area contributed by atoms with Crippen LogP contribution in [0.3, 0.4) is 0 Å². The molecule has 0 radical (unpaired) electrons. The third kappa shape index (κ3) is 3.67. The van der Waals surface area contributed by atoms with E-state index in [0.717, 1.165) is 26.9 Å². The monoisotopic (exact) mass is 385 g/mol. The average Bonchev–Trinajstić information content (AvgIpc) is 2.85. The van der Waals surface area contributed by atoms with Crippen molar-refractivity contribution in [3.63, 3.8) is 0 Å². The number of fused-ring (bicyclic) bond motifs is 1. The largest absolute Gasteiger partial charge is 0.350 e. The van der Waals surface area contributed by atoms with Crippen LogP contribution in [0, 0.1) is 0 Å². The van der Waals surface area contributed by atoms with Gasteiger partial charge in [-0.15, -0.1) is 0 Å². The minimum atomic E-state index is -0.259. The number of carbonyl (C=O) groups is 1. The number of aromatic nitrogens is 2. The number of nitrogens with zero attached hydrogens (tertiary/aromatic N) is 2. The number of imidazole rings is 1. The van der Waals surface area contributed by atoms with Crippen molar-refractivity contribution in [3.05, 3.63) is 53.0 Å². The van der Waals surface area contributed by atoms with E-state index in [1.807, 2.05) is 73.9 Å². The van der Waals surface area contributed by atoms with E-state index in [2.05, 4.69) is 21.2 Å². The zero-order valence-corrected chi connectivity index (χ0v) is 15.6. The van der Waals surface area contributed by atoms with Gasteiger partial charge in [-0.3, -0.25) is 4.79 Å². The van der Waals surface area contributed by atoms with Gasteiger partial charge in [0.05, 0.1) is 11.0 Å². The average molecular weight is 386 g/mol. The van der Waals surface area contributed by atoms with Gasteiger partial charge < -0.3 is 9.88 Å². The fourth-order valence-electron chi connectivity index (χ4n) is 2.66. The molecule has 4 nitrogen and oxygen atoms in total. The molecule has 2 aromatic carbocycles. The van der Waals surface area contributed by atoms with Gasteiger partial charge in [-0.1, -0.05) is 40.2 Å². The Morgan fingerprint density at radius 3 is 2.46 bits per heavy atom. The van der Waals surface area contributed by atoms with Crippen LogP contribution in [0.25, 0.3) is 22.4 Å². The summed E-state index contributed by atoms with van der Waals surface area (Å²) in [5.41, 5.74) is 2.57. The summed E-state index contributed by atoms with van der Waals surface area (Å²) in [6, 6.07) is 15.9. The van der Waals surface area contributed by atoms with Crippen molar-refractivity contribution >= 4 is 32.9 Å². The molecule has 3 aromatic rings. The smallest absolute Gasteiger partial charge is 0.240 e. The summed E-state index contributed by atoms with van der Waals surface area (Å²) in [6.45, 7) is 6.18. The second-order valence-electron chi connectivity index (χ2n) is 6.82. The Hall–Kier alpha value is -2.14. The molecule has 3 rings (SSSR count). The lowest BCUT2D eigenvalue weighted by Crippen LogP contribution is -2.42. The molecule has 24 heavy (non-hydrogen) atoms. The van der Waals surface area contributed by atoms with E-state index in [1.54, 1.807) is 0 Å². The first-order valence-corrected chi connectivity index (χ1v) is 8.65. The third-order valence-electron chi connectivity index (χ3n) is 3.57. The van der Waals surface area contributed by atoms with Gasteiger partial charge in [0.1, 0.15) is 12.4 Å². The SMILES string of the molecule is CC(C)(C)NC(=O)Cn1c(-c2ccc(Br)cc2)nc2ccccc21. The maximum atomic E-state index is 12.4. The Morgan fingerprint density at radius 2 is 1.79 bits per heavy atom. The van der Waals surface area contributed by atoms with Gasteiger partial charge in [0.15, 0.2) is 0 Å². The maximum absolute atomic E-state index is 12.4. The summed E-state index contributed by atoms with van der Waals surface area (Å²) in [7, 11) is 0. The van der Waals surface area contributed by atoms with Gasteiger partial charge in [-0.2, -0.15) is 0 Å². The Labute approximate surface area is 150 Å². The molecule has 1 heterocycles. The number of rotatable bonds is 3. The molecule has 0 aliphatic heterocycles. The van der Waals surface area contributed by atoms with E-state index < -0.39 is 0 Å². The normalized spacial score (nSPS) is 11.7. The van der Waals surface area contributed by atoms with E-state index in [-0.39, 0.29) is 18.0 Å². The second kappa shape index (κ2) is 6.40. The number of amides is 1. The van der Waals surface area contributed by atoms with Gasteiger partial charge in [-0.25, -0.2) is 4.98 Å². The van der Waals surface area contributed by atoms with Crippen LogP contribution in [0.5, 0.6) is 0 Å². The zero-order valence-electron chi connectivity index (χ0n) is 14.0. The lowest BCUT2D eigenvalue weighted by Gasteiger charge is -2.21. The number of carbonyl (C=O) groups excluding carboxylic acids is 1. The molecule has 0 unspecified atom stereocenters. The molecule has 0 saturated carbocycles. The molecule has 124 valence electrons. The van der Waals surface area contributed by atoms with Crippen LogP contribution in [0.1, 0.15) is 20.8 Å². The highest BCUT2D eigenvalue weighted by Gasteiger charge is 2.18. The summed E-state index contributed by atoms with van der Waals surface area (Å²) in [4.78, 5) is 17.2. The Bertz CT molecular complexity index is 876. The van der Waals surface area contributed by atoms with Crippen LogP contribution in [-0.2, 0) is 11.3 Å². The molecule has 0 saturated heterocycles. The molecule has 1 N–H and O–H groups in total. The van der Waals surface area contributed by atoms with Crippen LogP contribution in [0.2, 0.25) is 0 Å². The van der Waals surface area contributed by atoms with Gasteiger partial charge >= 0.3 is 0 Å². The third-order valence-corrected chi connectivity index (χ3v) is 4.10. The van der Waals surface area contributed by atoms with E-state index in [0.29, 0.717) is 0 Å². The van der Waals surface area contributed by atoms with Crippen LogP contribution < -0.4 is 5.32 Å². The topological polar surface area (TPSA) is 46.9 Å². The van der Waals surface area contributed by atoms with E-state index in [4.69, 9.17) is 4.98 Å². The van der Waals surface area contributed by atoms with Crippen molar-refractivity contribution in [3.8, 4) is 11.4 Å². The fraction of sp³-hybridized carbons (Fsp3) is 0.263. The standard InChI is InChI=1S/C19H20BrN3O/c1-19(2,3)22-17(24)12-23-16-7-5-4-6-15(16)21-18(23)13-8-10-14(20)11-9-13/h4-11H,12H2,1-3H3,(H,22,24). The van der Waals surface area contributed by atoms with Gasteiger partial charge in [0.2, 0.25) is 5.91 Å². The van der Waals surface area contributed by atoms with Gasteiger partial charge in [0, 0.05) is 15.6 Å². The number of hydrogen-bond donors (Lipinski definition) is 1. The van der Waals surface area contributed by atoms with E-state index in [1.165, 1.54) is 0 Å². The molecule has 0 atom stereocenters. The van der Waals surface area contributed by atoms with Crippen molar-refractivity contribution in [2.75, 3.05) is 0 Å². The Kier molecular flexibility index (Phi) is 4.45. The lowest BCUT2D eigenvalue weighted by molar-refractivity contribution is -0.123. The Balaban J connectivity index is 2.05. The summed E-state index contributed by atoms with van der Waals surface area (Å²) in [6.07, 6.45) is 0. The minimum absolute atomic E-state index is 0.0241. The highest BCUT2D eigenvalue weighted by atomic mass is 79.9. The summed E-state index contributed by atoms with van der Waals surface area (Å²) in [5.74, 6) is 0.775. The maximum Gasteiger partial charge on any atom is 0.240 e. The molecule has 0 aliphatic carbocycles. The van der Waals surface area contributed by atoms with Gasteiger partial charge in [-0.05, 0) is 45.0 Å². The van der Waals surface area contributed by atoms with Gasteiger partial charge in [0.25, 0.3) is 0 Å². The van der Waals surface area contributed by atoms with Crippen molar-refractivity contribution in [2.24, 2.45) is 0 Å². The van der Waals surface area contributed by atoms with Crippen LogP contribution in [-0.4, -0.2) is 21.0 Å². The van der Waals surface area contributed by atoms with Crippen molar-refractivity contribution in [1.82, 2.24) is 14.9 Å². The predicted molar refractivity (Wildman–Crippen MR) is 101 cm³/mol. The molecule has 0 aliphatic rings. The number of benzene rings is 2. The van der Waals surface area contributed by atoms with Crippen molar-refractivity contribution in [2.45, 2.75) is 32.9 Å². The van der Waals surface area contributed by atoms with Crippen LogP contribution in [0.15, 0.2) is 53.0 Å². The number of hydrogen-bond acceptors (Lipinski definition) is 2. The number of para-hydroxylation sites is 2. The Morgan fingerprint density at radius 1 is 1.12 bits per heavy atom. The van der Waals surface area contributed by atoms with Crippen LogP contribution in [0.4, 0.5) is 0 Å². The van der Waals surface area contributed by atoms with E-state index >= 15 is 0 Å². The second-order valence-corrected chi connectivity index (χ2v) is 7.73. The lowest BCUT2D eigenvalue weighted by atomic mass is 10.1.